The minimum absolute atomic E-state index is 0.00128. The lowest BCUT2D eigenvalue weighted by Gasteiger charge is -2.53. The highest BCUT2D eigenvalue weighted by Gasteiger charge is 2.56. The van der Waals surface area contributed by atoms with Crippen LogP contribution < -0.4 is 14.8 Å². The summed E-state index contributed by atoms with van der Waals surface area (Å²) in [6.07, 6.45) is 3.71. The molecule has 7 unspecified atom stereocenters. The second-order valence-electron chi connectivity index (χ2n) is 16.0. The molecule has 3 fully saturated rings. The first kappa shape index (κ1) is 40.4. The number of carbonyl (C=O) groups is 1. The number of hydrogen-bond acceptors (Lipinski definition) is 9. The van der Waals surface area contributed by atoms with Crippen molar-refractivity contribution in [2.24, 2.45) is 23.2 Å². The zero-order chi connectivity index (χ0) is 40.2. The van der Waals surface area contributed by atoms with Gasteiger partial charge in [-0.05, 0) is 153 Å². The average Bonchev–Trinajstić information content (AvgIpc) is 3.53. The second-order valence-corrected chi connectivity index (χ2v) is 16.0. The third kappa shape index (κ3) is 9.20. The lowest BCUT2D eigenvalue weighted by molar-refractivity contribution is -0.141. The molecule has 4 aromatic rings. The van der Waals surface area contributed by atoms with E-state index in [9.17, 15) is 28.2 Å². The molecule has 0 radical (unpaired) electrons. The number of aliphatic hydroxyl groups excluding tert-OH is 1. The summed E-state index contributed by atoms with van der Waals surface area (Å²) < 4.78 is 52.9. The van der Waals surface area contributed by atoms with Crippen molar-refractivity contribution in [3.63, 3.8) is 0 Å². The van der Waals surface area contributed by atoms with Crippen LogP contribution in [0.1, 0.15) is 91.5 Å². The van der Waals surface area contributed by atoms with E-state index >= 15 is 0 Å². The molecule has 57 heavy (non-hydrogen) atoms. The average molecular weight is 789 g/mol. The van der Waals surface area contributed by atoms with E-state index in [4.69, 9.17) is 14.2 Å². The molecule has 1 aliphatic heterocycles. The summed E-state index contributed by atoms with van der Waals surface area (Å²) in [7, 11) is 1.63. The summed E-state index contributed by atoms with van der Waals surface area (Å²) in [6.45, 7) is 3.95. The summed E-state index contributed by atoms with van der Waals surface area (Å²) >= 11 is 0. The Morgan fingerprint density at radius 3 is 2.56 bits per heavy atom. The topological polar surface area (TPSA) is 136 Å². The molecule has 13 heteroatoms. The van der Waals surface area contributed by atoms with Gasteiger partial charge in [0.25, 0.3) is 5.91 Å². The van der Waals surface area contributed by atoms with Gasteiger partial charge < -0.3 is 29.7 Å². The SMILES string of the molecule is COc1ccc(-c2ccc(C(=O)NCCCC3Cc4cc(O)ccc4C4CCC5(C)C(O)CCC5C34)nn2)cc1.FC(F)(F)c1cccc(OC2CCCOC2)n1. The van der Waals surface area contributed by atoms with Gasteiger partial charge in [-0.2, -0.15) is 13.2 Å². The number of phenolic OH excluding ortho intramolecular Hbond substituents is 1. The van der Waals surface area contributed by atoms with Crippen LogP contribution in [0.3, 0.4) is 0 Å². The van der Waals surface area contributed by atoms with Crippen LogP contribution in [0.5, 0.6) is 17.4 Å². The van der Waals surface area contributed by atoms with Crippen molar-refractivity contribution >= 4 is 5.91 Å². The summed E-state index contributed by atoms with van der Waals surface area (Å²) in [5.74, 6) is 2.88. The maximum atomic E-state index is 12.8. The number of carbonyl (C=O) groups excluding carboxylic acids is 1. The number of fused-ring (bicyclic) bond motifs is 5. The van der Waals surface area contributed by atoms with Crippen molar-refractivity contribution in [1.29, 1.82) is 0 Å². The van der Waals surface area contributed by atoms with Gasteiger partial charge in [-0.25, -0.2) is 4.98 Å². The zero-order valence-electron chi connectivity index (χ0n) is 32.4. The van der Waals surface area contributed by atoms with Crippen molar-refractivity contribution in [2.75, 3.05) is 26.9 Å². The first-order chi connectivity index (χ1) is 27.4. The van der Waals surface area contributed by atoms with Crippen molar-refractivity contribution in [1.82, 2.24) is 20.5 Å². The van der Waals surface area contributed by atoms with Crippen LogP contribution in [-0.4, -0.2) is 70.4 Å². The van der Waals surface area contributed by atoms with Crippen molar-refractivity contribution in [2.45, 2.75) is 89.0 Å². The summed E-state index contributed by atoms with van der Waals surface area (Å²) in [4.78, 5) is 16.2. The van der Waals surface area contributed by atoms with Crippen LogP contribution in [0, 0.1) is 23.2 Å². The molecule has 304 valence electrons. The zero-order valence-corrected chi connectivity index (χ0v) is 32.4. The molecule has 2 aromatic heterocycles. The monoisotopic (exact) mass is 788 g/mol. The third-order valence-corrected chi connectivity index (χ3v) is 12.6. The second kappa shape index (κ2) is 17.4. The number of pyridine rings is 1. The summed E-state index contributed by atoms with van der Waals surface area (Å²) in [6, 6.07) is 20.6. The van der Waals surface area contributed by atoms with Crippen molar-refractivity contribution < 1.29 is 42.4 Å². The number of phenols is 1. The molecule has 2 saturated carbocycles. The minimum atomic E-state index is -4.44. The molecule has 2 aromatic carbocycles. The molecule has 7 atom stereocenters. The Kier molecular flexibility index (Phi) is 12.3. The Morgan fingerprint density at radius 2 is 1.84 bits per heavy atom. The number of nitrogens with one attached hydrogen (secondary N) is 1. The van der Waals surface area contributed by atoms with Crippen molar-refractivity contribution in [3.8, 4) is 28.6 Å². The minimum Gasteiger partial charge on any atom is -0.508 e. The smallest absolute Gasteiger partial charge is 0.433 e. The third-order valence-electron chi connectivity index (χ3n) is 12.6. The number of ether oxygens (including phenoxy) is 3. The number of rotatable bonds is 9. The fourth-order valence-corrected chi connectivity index (χ4v) is 9.67. The highest BCUT2D eigenvalue weighted by molar-refractivity contribution is 5.92. The van der Waals surface area contributed by atoms with E-state index < -0.39 is 11.9 Å². The molecule has 3 aliphatic carbocycles. The normalized spacial score (nSPS) is 26.5. The lowest BCUT2D eigenvalue weighted by atomic mass is 9.52. The fraction of sp³-hybridized carbons (Fsp3) is 0.500. The van der Waals surface area contributed by atoms with E-state index in [0.29, 0.717) is 60.6 Å². The highest BCUT2D eigenvalue weighted by atomic mass is 19.4. The van der Waals surface area contributed by atoms with Gasteiger partial charge in [-0.1, -0.05) is 19.1 Å². The number of alkyl halides is 3. The molecular weight excluding hydrogens is 738 g/mol. The maximum Gasteiger partial charge on any atom is 0.433 e. The molecule has 0 spiro atoms. The van der Waals surface area contributed by atoms with Crippen LogP contribution in [0.2, 0.25) is 0 Å². The number of aromatic hydroxyl groups is 1. The number of aliphatic hydroxyl groups is 1. The van der Waals surface area contributed by atoms with Crippen LogP contribution in [0.15, 0.2) is 72.8 Å². The number of amides is 1. The molecular formula is C44H51F3N4O6. The predicted molar refractivity (Wildman–Crippen MR) is 207 cm³/mol. The van der Waals surface area contributed by atoms with Gasteiger partial charge in [0, 0.05) is 24.8 Å². The Morgan fingerprint density at radius 1 is 1.02 bits per heavy atom. The van der Waals surface area contributed by atoms with E-state index in [1.54, 1.807) is 13.2 Å². The van der Waals surface area contributed by atoms with Crippen LogP contribution in [-0.2, 0) is 17.3 Å². The maximum absolute atomic E-state index is 12.8. The van der Waals surface area contributed by atoms with Crippen LogP contribution in [0.4, 0.5) is 13.2 Å². The van der Waals surface area contributed by atoms with Crippen LogP contribution >= 0.6 is 0 Å². The number of nitrogens with zero attached hydrogens (tertiary/aromatic N) is 3. The Balaban J connectivity index is 0.000000244. The molecule has 3 N–H and O–H groups in total. The molecule has 8 rings (SSSR count). The fourth-order valence-electron chi connectivity index (χ4n) is 9.67. The largest absolute Gasteiger partial charge is 0.508 e. The Bertz CT molecular complexity index is 1970. The van der Waals surface area contributed by atoms with Gasteiger partial charge in [0.2, 0.25) is 5.88 Å². The van der Waals surface area contributed by atoms with Gasteiger partial charge in [0.05, 0.1) is 25.5 Å². The standard InChI is InChI=1S/C33H39N3O4.C11H12F3NO2/c1-33-16-15-26-25-10-7-23(37)19-22(25)18-21(31(26)27(33)11-14-30(33)38)4-3-17-34-32(39)29-13-12-28(35-36-29)20-5-8-24(40-2)9-6-20;12-11(13,14)9-4-1-5-10(15-9)17-8-3-2-6-16-7-8/h5-10,12-13,19,21,26-27,30-31,37-38H,3-4,11,14-18H2,1-2H3,(H,34,39);1,4-5,8H,2-3,6-7H2. The molecule has 10 nitrogen and oxygen atoms in total. The lowest BCUT2D eigenvalue weighted by Crippen LogP contribution is -2.47. The number of hydrogen-bond donors (Lipinski definition) is 3. The number of aromatic nitrogens is 3. The van der Waals surface area contributed by atoms with E-state index in [1.165, 1.54) is 23.3 Å². The Hall–Kier alpha value is -4.75. The van der Waals surface area contributed by atoms with E-state index in [0.717, 1.165) is 75.2 Å². The molecule has 1 saturated heterocycles. The number of benzene rings is 2. The van der Waals surface area contributed by atoms with Gasteiger partial charge in [-0.15, -0.1) is 10.2 Å². The summed E-state index contributed by atoms with van der Waals surface area (Å²) in [5.41, 5.74) is 3.65. The van der Waals surface area contributed by atoms with E-state index in [1.807, 2.05) is 42.5 Å². The summed E-state index contributed by atoms with van der Waals surface area (Å²) in [5, 5.41) is 32.5. The van der Waals surface area contributed by atoms with Crippen molar-refractivity contribution in [3.05, 3.63) is 95.3 Å². The molecule has 1 amide bonds. The highest BCUT2D eigenvalue weighted by Crippen LogP contribution is 2.62. The van der Waals surface area contributed by atoms with Gasteiger partial charge in [0.15, 0.2) is 5.69 Å². The molecule has 0 bridgehead atoms. The van der Waals surface area contributed by atoms with Crippen LogP contribution in [0.25, 0.3) is 11.3 Å². The van der Waals surface area contributed by atoms with Gasteiger partial charge in [-0.3, -0.25) is 4.79 Å². The predicted octanol–water partition coefficient (Wildman–Crippen LogP) is 8.17. The van der Waals surface area contributed by atoms with E-state index in [-0.39, 0.29) is 29.4 Å². The van der Waals surface area contributed by atoms with Gasteiger partial charge in [0.1, 0.15) is 23.3 Å². The molecule has 4 aliphatic rings. The number of methoxy groups -OCH3 is 1. The van der Waals surface area contributed by atoms with Gasteiger partial charge >= 0.3 is 6.18 Å². The number of halogens is 3. The quantitative estimate of drug-likeness (QED) is 0.144. The molecule has 3 heterocycles. The first-order valence-corrected chi connectivity index (χ1v) is 20.0. The Labute approximate surface area is 331 Å². The van der Waals surface area contributed by atoms with E-state index in [2.05, 4.69) is 33.5 Å². The first-order valence-electron chi connectivity index (χ1n) is 20.0.